The fourth-order valence-electron chi connectivity index (χ4n) is 2.81. The van der Waals surface area contributed by atoms with Crippen LogP contribution in [-0.2, 0) is 0 Å². The average Bonchev–Trinajstić information content (AvgIpc) is 2.52. The van der Waals surface area contributed by atoms with Gasteiger partial charge in [0.25, 0.3) is 0 Å². The smallest absolute Gasteiger partial charge is 0.0110 e. The van der Waals surface area contributed by atoms with Gasteiger partial charge >= 0.3 is 0 Å². The van der Waals surface area contributed by atoms with E-state index in [0.717, 1.165) is 18.5 Å². The highest BCUT2D eigenvalue weighted by atomic mass is 15.2. The van der Waals surface area contributed by atoms with Crippen molar-refractivity contribution >= 4 is 0 Å². The SMILES string of the molecule is CC(C)CCC(C)NCCN1CCCCCC1C. The number of nitrogens with zero attached hydrogens (tertiary/aromatic N) is 1. The second-order valence-electron chi connectivity index (χ2n) is 6.56. The molecule has 0 saturated carbocycles. The second-order valence-corrected chi connectivity index (χ2v) is 6.56. The van der Waals surface area contributed by atoms with Crippen LogP contribution in [-0.4, -0.2) is 36.6 Å². The largest absolute Gasteiger partial charge is 0.313 e. The van der Waals surface area contributed by atoms with Crippen molar-refractivity contribution in [1.29, 1.82) is 0 Å². The third-order valence-corrected chi connectivity index (χ3v) is 4.26. The van der Waals surface area contributed by atoms with Crippen molar-refractivity contribution in [3.05, 3.63) is 0 Å². The maximum Gasteiger partial charge on any atom is 0.0110 e. The maximum absolute atomic E-state index is 3.68. The van der Waals surface area contributed by atoms with Gasteiger partial charge in [-0.15, -0.1) is 0 Å². The van der Waals surface area contributed by atoms with Crippen LogP contribution in [0.5, 0.6) is 0 Å². The predicted molar refractivity (Wildman–Crippen MR) is 81.0 cm³/mol. The van der Waals surface area contributed by atoms with Gasteiger partial charge in [-0.1, -0.05) is 26.7 Å². The molecule has 0 amide bonds. The molecule has 1 aliphatic heterocycles. The third-order valence-electron chi connectivity index (χ3n) is 4.26. The zero-order valence-electron chi connectivity index (χ0n) is 13.0. The number of likely N-dealkylation sites (tertiary alicyclic amines) is 1. The van der Waals surface area contributed by atoms with Crippen LogP contribution >= 0.6 is 0 Å². The van der Waals surface area contributed by atoms with E-state index in [1.54, 1.807) is 0 Å². The summed E-state index contributed by atoms with van der Waals surface area (Å²) in [5.74, 6) is 0.833. The number of hydrogen-bond acceptors (Lipinski definition) is 2. The molecule has 1 fully saturated rings. The number of nitrogens with one attached hydrogen (secondary N) is 1. The Bertz CT molecular complexity index is 203. The van der Waals surface area contributed by atoms with Crippen molar-refractivity contribution in [2.24, 2.45) is 5.92 Å². The normalized spacial score (nSPS) is 24.2. The van der Waals surface area contributed by atoms with E-state index in [4.69, 9.17) is 0 Å². The van der Waals surface area contributed by atoms with Crippen LogP contribution in [0, 0.1) is 5.92 Å². The Hall–Kier alpha value is -0.0800. The van der Waals surface area contributed by atoms with E-state index in [1.165, 1.54) is 51.6 Å². The van der Waals surface area contributed by atoms with Crippen LogP contribution in [0.3, 0.4) is 0 Å². The predicted octanol–water partition coefficient (Wildman–Crippen LogP) is 3.67. The quantitative estimate of drug-likeness (QED) is 0.746. The Morgan fingerprint density at radius 3 is 2.61 bits per heavy atom. The molecule has 0 aromatic heterocycles. The van der Waals surface area contributed by atoms with Gasteiger partial charge in [0.2, 0.25) is 0 Å². The Labute approximate surface area is 115 Å². The van der Waals surface area contributed by atoms with Gasteiger partial charge in [0.15, 0.2) is 0 Å². The molecule has 2 nitrogen and oxygen atoms in total. The van der Waals surface area contributed by atoms with E-state index in [-0.39, 0.29) is 0 Å². The fourth-order valence-corrected chi connectivity index (χ4v) is 2.81. The zero-order valence-corrected chi connectivity index (χ0v) is 13.0. The van der Waals surface area contributed by atoms with Crippen LogP contribution in [0.1, 0.15) is 66.2 Å². The van der Waals surface area contributed by atoms with E-state index in [0.29, 0.717) is 6.04 Å². The van der Waals surface area contributed by atoms with Gasteiger partial charge in [-0.05, 0) is 52.0 Å². The van der Waals surface area contributed by atoms with Crippen LogP contribution < -0.4 is 5.32 Å². The molecule has 1 saturated heterocycles. The average molecular weight is 254 g/mol. The Morgan fingerprint density at radius 2 is 1.89 bits per heavy atom. The summed E-state index contributed by atoms with van der Waals surface area (Å²) >= 11 is 0. The molecule has 0 radical (unpaired) electrons. The zero-order chi connectivity index (χ0) is 13.4. The number of rotatable bonds is 7. The lowest BCUT2D eigenvalue weighted by molar-refractivity contribution is 0.211. The van der Waals surface area contributed by atoms with Crippen LogP contribution in [0.2, 0.25) is 0 Å². The minimum atomic E-state index is 0.676. The van der Waals surface area contributed by atoms with Gasteiger partial charge in [0, 0.05) is 25.2 Å². The van der Waals surface area contributed by atoms with Gasteiger partial charge < -0.3 is 5.32 Å². The summed E-state index contributed by atoms with van der Waals surface area (Å²) in [5.41, 5.74) is 0. The van der Waals surface area contributed by atoms with Gasteiger partial charge in [-0.25, -0.2) is 0 Å². The molecule has 1 rings (SSSR count). The minimum Gasteiger partial charge on any atom is -0.313 e. The van der Waals surface area contributed by atoms with E-state index >= 15 is 0 Å². The van der Waals surface area contributed by atoms with Crippen molar-refractivity contribution in [2.45, 2.75) is 78.3 Å². The molecule has 108 valence electrons. The summed E-state index contributed by atoms with van der Waals surface area (Å²) < 4.78 is 0. The monoisotopic (exact) mass is 254 g/mol. The van der Waals surface area contributed by atoms with Crippen molar-refractivity contribution in [1.82, 2.24) is 10.2 Å². The van der Waals surface area contributed by atoms with Gasteiger partial charge in [-0.3, -0.25) is 4.90 Å². The van der Waals surface area contributed by atoms with Gasteiger partial charge in [0.1, 0.15) is 0 Å². The first-order chi connectivity index (χ1) is 8.59. The molecular weight excluding hydrogens is 220 g/mol. The lowest BCUT2D eigenvalue weighted by Crippen LogP contribution is -2.40. The Morgan fingerprint density at radius 1 is 1.11 bits per heavy atom. The van der Waals surface area contributed by atoms with Crippen LogP contribution in [0.4, 0.5) is 0 Å². The fraction of sp³-hybridized carbons (Fsp3) is 1.00. The lowest BCUT2D eigenvalue weighted by atomic mass is 10.0. The van der Waals surface area contributed by atoms with E-state index < -0.39 is 0 Å². The first kappa shape index (κ1) is 16.0. The molecule has 1 aliphatic rings. The first-order valence-corrected chi connectivity index (χ1v) is 8.07. The van der Waals surface area contributed by atoms with E-state index in [9.17, 15) is 0 Å². The highest BCUT2D eigenvalue weighted by molar-refractivity contribution is 4.73. The Kier molecular flexibility index (Phi) is 7.92. The summed E-state index contributed by atoms with van der Waals surface area (Å²) in [6, 6.07) is 1.47. The van der Waals surface area contributed by atoms with E-state index in [1.807, 2.05) is 0 Å². The topological polar surface area (TPSA) is 15.3 Å². The van der Waals surface area contributed by atoms with Crippen molar-refractivity contribution in [3.63, 3.8) is 0 Å². The molecule has 1 N–H and O–H groups in total. The summed E-state index contributed by atoms with van der Waals surface area (Å²) in [5, 5.41) is 3.68. The highest BCUT2D eigenvalue weighted by Gasteiger charge is 2.16. The van der Waals surface area contributed by atoms with Gasteiger partial charge in [-0.2, -0.15) is 0 Å². The molecule has 2 heteroatoms. The maximum atomic E-state index is 3.68. The van der Waals surface area contributed by atoms with E-state index in [2.05, 4.69) is 37.9 Å². The molecule has 18 heavy (non-hydrogen) atoms. The molecule has 2 unspecified atom stereocenters. The minimum absolute atomic E-state index is 0.676. The number of hydrogen-bond donors (Lipinski definition) is 1. The second kappa shape index (κ2) is 8.92. The van der Waals surface area contributed by atoms with Crippen molar-refractivity contribution < 1.29 is 0 Å². The first-order valence-electron chi connectivity index (χ1n) is 8.07. The summed E-state index contributed by atoms with van der Waals surface area (Å²) in [6.07, 6.45) is 8.30. The van der Waals surface area contributed by atoms with Gasteiger partial charge in [0.05, 0.1) is 0 Å². The lowest BCUT2D eigenvalue weighted by Gasteiger charge is -2.27. The molecule has 0 spiro atoms. The molecule has 2 atom stereocenters. The molecule has 0 bridgehead atoms. The Balaban J connectivity index is 2.11. The van der Waals surface area contributed by atoms with Crippen molar-refractivity contribution in [3.8, 4) is 0 Å². The molecular formula is C16H34N2. The molecule has 0 aromatic carbocycles. The molecule has 0 aromatic rings. The van der Waals surface area contributed by atoms with Crippen LogP contribution in [0.25, 0.3) is 0 Å². The van der Waals surface area contributed by atoms with Crippen molar-refractivity contribution in [2.75, 3.05) is 19.6 Å². The highest BCUT2D eigenvalue weighted by Crippen LogP contribution is 2.15. The molecule has 0 aliphatic carbocycles. The third kappa shape index (κ3) is 6.75. The summed E-state index contributed by atoms with van der Waals surface area (Å²) in [6.45, 7) is 13.0. The summed E-state index contributed by atoms with van der Waals surface area (Å²) in [4.78, 5) is 2.68. The summed E-state index contributed by atoms with van der Waals surface area (Å²) in [7, 11) is 0. The standard InChI is InChI=1S/C16H34N2/c1-14(2)9-10-15(3)17-11-13-18-12-7-5-6-8-16(18)4/h14-17H,5-13H2,1-4H3. The van der Waals surface area contributed by atoms with Crippen LogP contribution in [0.15, 0.2) is 0 Å². The molecule has 1 heterocycles.